The van der Waals surface area contributed by atoms with E-state index in [4.69, 9.17) is 21.1 Å². The minimum absolute atomic E-state index is 0.0200. The summed E-state index contributed by atoms with van der Waals surface area (Å²) in [7, 11) is -1.18. The molecule has 30 heavy (non-hydrogen) atoms. The molecule has 0 bridgehead atoms. The van der Waals surface area contributed by atoms with Crippen LogP contribution in [0.1, 0.15) is 26.7 Å². The molecule has 0 radical (unpaired) electrons. The number of sulfonamides is 1. The maximum atomic E-state index is 13.5. The third kappa shape index (κ3) is 5.58. The molecular formula is C21H27ClN2O5S. The fourth-order valence-electron chi connectivity index (χ4n) is 2.92. The molecule has 0 atom stereocenters. The van der Waals surface area contributed by atoms with Gasteiger partial charge in [0.05, 0.1) is 24.8 Å². The molecule has 0 aliphatic carbocycles. The molecule has 1 N–H and O–H groups in total. The van der Waals surface area contributed by atoms with Crippen molar-refractivity contribution in [3.8, 4) is 11.5 Å². The van der Waals surface area contributed by atoms with Crippen molar-refractivity contribution in [1.29, 1.82) is 0 Å². The SMILES string of the molecule is CCC(CC)NC(=O)CN(c1ccc(Cl)cc1)S(=O)(=O)c1ccc(OC)c(OC)c1. The van der Waals surface area contributed by atoms with Crippen LogP contribution in [0.25, 0.3) is 0 Å². The van der Waals surface area contributed by atoms with Crippen LogP contribution in [0.4, 0.5) is 5.69 Å². The number of hydrogen-bond acceptors (Lipinski definition) is 5. The average Bonchev–Trinajstić information content (AvgIpc) is 2.75. The van der Waals surface area contributed by atoms with Gasteiger partial charge in [0.1, 0.15) is 6.54 Å². The molecule has 9 heteroatoms. The number of rotatable bonds is 10. The van der Waals surface area contributed by atoms with E-state index in [-0.39, 0.29) is 29.1 Å². The normalized spacial score (nSPS) is 11.3. The number of amides is 1. The number of nitrogens with zero attached hydrogens (tertiary/aromatic N) is 1. The summed E-state index contributed by atoms with van der Waals surface area (Å²) in [5.74, 6) is 0.291. The summed E-state index contributed by atoms with van der Waals surface area (Å²) in [5.41, 5.74) is 0.328. The number of nitrogens with one attached hydrogen (secondary N) is 1. The van der Waals surface area contributed by atoms with Gasteiger partial charge in [-0.3, -0.25) is 9.10 Å². The monoisotopic (exact) mass is 454 g/mol. The number of hydrogen-bond donors (Lipinski definition) is 1. The van der Waals surface area contributed by atoms with Gasteiger partial charge in [-0.05, 0) is 49.2 Å². The van der Waals surface area contributed by atoms with Gasteiger partial charge in [-0.25, -0.2) is 8.42 Å². The van der Waals surface area contributed by atoms with Gasteiger partial charge in [0.15, 0.2) is 11.5 Å². The number of ether oxygens (including phenoxy) is 2. The van der Waals surface area contributed by atoms with E-state index >= 15 is 0 Å². The Balaban J connectivity index is 2.47. The molecule has 0 saturated heterocycles. The smallest absolute Gasteiger partial charge is 0.264 e. The number of carbonyl (C=O) groups excluding carboxylic acids is 1. The minimum Gasteiger partial charge on any atom is -0.493 e. The van der Waals surface area contributed by atoms with Crippen molar-refractivity contribution in [3.05, 3.63) is 47.5 Å². The zero-order valence-electron chi connectivity index (χ0n) is 17.5. The highest BCUT2D eigenvalue weighted by Crippen LogP contribution is 2.32. The summed E-state index contributed by atoms with van der Waals surface area (Å²) in [5, 5.41) is 3.34. The quantitative estimate of drug-likeness (QED) is 0.589. The Labute approximate surface area is 183 Å². The van der Waals surface area contributed by atoms with Crippen LogP contribution in [0.3, 0.4) is 0 Å². The maximum absolute atomic E-state index is 13.5. The predicted octanol–water partition coefficient (Wildman–Crippen LogP) is 3.86. The van der Waals surface area contributed by atoms with E-state index in [1.54, 1.807) is 24.3 Å². The third-order valence-electron chi connectivity index (χ3n) is 4.70. The summed E-state index contributed by atoms with van der Waals surface area (Å²) in [6.07, 6.45) is 1.51. The maximum Gasteiger partial charge on any atom is 0.264 e. The fourth-order valence-corrected chi connectivity index (χ4v) is 4.49. The largest absolute Gasteiger partial charge is 0.493 e. The molecule has 0 heterocycles. The van der Waals surface area contributed by atoms with Crippen molar-refractivity contribution in [2.24, 2.45) is 0 Å². The molecular weight excluding hydrogens is 428 g/mol. The Morgan fingerprint density at radius 3 is 2.17 bits per heavy atom. The number of carbonyl (C=O) groups is 1. The van der Waals surface area contributed by atoms with Crippen molar-refractivity contribution in [2.45, 2.75) is 37.6 Å². The van der Waals surface area contributed by atoms with Gasteiger partial charge in [0, 0.05) is 17.1 Å². The molecule has 2 aromatic rings. The average molecular weight is 455 g/mol. The summed E-state index contributed by atoms with van der Waals surface area (Å²) in [6, 6.07) is 10.5. The molecule has 0 aliphatic rings. The predicted molar refractivity (Wildman–Crippen MR) is 118 cm³/mol. The van der Waals surface area contributed by atoms with Gasteiger partial charge < -0.3 is 14.8 Å². The summed E-state index contributed by atoms with van der Waals surface area (Å²) < 4.78 is 38.4. The fraction of sp³-hybridized carbons (Fsp3) is 0.381. The molecule has 0 unspecified atom stereocenters. The first kappa shape index (κ1) is 23.8. The molecule has 2 rings (SSSR count). The van der Waals surface area contributed by atoms with Crippen molar-refractivity contribution in [1.82, 2.24) is 5.32 Å². The molecule has 7 nitrogen and oxygen atoms in total. The van der Waals surface area contributed by atoms with Crippen LogP contribution in [0, 0.1) is 0 Å². The van der Waals surface area contributed by atoms with Crippen LogP contribution in [-0.2, 0) is 14.8 Å². The second kappa shape index (κ2) is 10.5. The molecule has 1 amide bonds. The standard InChI is InChI=1S/C21H27ClN2O5S/c1-5-16(6-2)23-21(25)14-24(17-9-7-15(22)8-10-17)30(26,27)18-11-12-19(28-3)20(13-18)29-4/h7-13,16H,5-6,14H2,1-4H3,(H,23,25). The van der Waals surface area contributed by atoms with Crippen LogP contribution in [0.15, 0.2) is 47.4 Å². The highest BCUT2D eigenvalue weighted by Gasteiger charge is 2.28. The van der Waals surface area contributed by atoms with Crippen LogP contribution < -0.4 is 19.1 Å². The topological polar surface area (TPSA) is 84.9 Å². The summed E-state index contributed by atoms with van der Waals surface area (Å²) in [4.78, 5) is 12.6. The minimum atomic E-state index is -4.07. The molecule has 0 spiro atoms. The van der Waals surface area contributed by atoms with Crippen molar-refractivity contribution >= 4 is 33.2 Å². The lowest BCUT2D eigenvalue weighted by atomic mass is 10.2. The van der Waals surface area contributed by atoms with E-state index in [9.17, 15) is 13.2 Å². The number of benzene rings is 2. The van der Waals surface area contributed by atoms with Gasteiger partial charge >= 0.3 is 0 Å². The lowest BCUT2D eigenvalue weighted by Crippen LogP contribution is -2.44. The summed E-state index contributed by atoms with van der Waals surface area (Å²) in [6.45, 7) is 3.56. The van der Waals surface area contributed by atoms with Gasteiger partial charge in [-0.1, -0.05) is 25.4 Å². The van der Waals surface area contributed by atoms with E-state index in [1.165, 1.54) is 32.4 Å². The Kier molecular flexibility index (Phi) is 8.37. The Morgan fingerprint density at radius 2 is 1.63 bits per heavy atom. The molecule has 0 aromatic heterocycles. The Morgan fingerprint density at radius 1 is 1.03 bits per heavy atom. The Bertz CT molecular complexity index is 960. The first-order valence-corrected chi connectivity index (χ1v) is 11.4. The van der Waals surface area contributed by atoms with Gasteiger partial charge in [-0.15, -0.1) is 0 Å². The molecule has 2 aromatic carbocycles. The van der Waals surface area contributed by atoms with E-state index in [2.05, 4.69) is 5.32 Å². The van der Waals surface area contributed by atoms with Crippen LogP contribution in [0.5, 0.6) is 11.5 Å². The van der Waals surface area contributed by atoms with Crippen molar-refractivity contribution < 1.29 is 22.7 Å². The molecule has 0 fully saturated rings. The highest BCUT2D eigenvalue weighted by atomic mass is 35.5. The Hall–Kier alpha value is -2.45. The van der Waals surface area contributed by atoms with Crippen LogP contribution in [0.2, 0.25) is 5.02 Å². The summed E-state index contributed by atoms with van der Waals surface area (Å²) >= 11 is 5.96. The second-order valence-corrected chi connectivity index (χ2v) is 8.88. The van der Waals surface area contributed by atoms with Crippen LogP contribution >= 0.6 is 11.6 Å². The van der Waals surface area contributed by atoms with Crippen molar-refractivity contribution in [2.75, 3.05) is 25.1 Å². The number of methoxy groups -OCH3 is 2. The van der Waals surface area contributed by atoms with Crippen LogP contribution in [-0.4, -0.2) is 41.1 Å². The van der Waals surface area contributed by atoms with E-state index in [0.29, 0.717) is 16.5 Å². The first-order valence-electron chi connectivity index (χ1n) is 9.56. The second-order valence-electron chi connectivity index (χ2n) is 6.59. The highest BCUT2D eigenvalue weighted by molar-refractivity contribution is 7.92. The van der Waals surface area contributed by atoms with E-state index < -0.39 is 10.0 Å². The van der Waals surface area contributed by atoms with Gasteiger partial charge in [-0.2, -0.15) is 0 Å². The molecule has 0 aliphatic heterocycles. The third-order valence-corrected chi connectivity index (χ3v) is 6.72. The molecule has 164 valence electrons. The first-order chi connectivity index (χ1) is 14.3. The van der Waals surface area contributed by atoms with Gasteiger partial charge in [0.2, 0.25) is 5.91 Å². The van der Waals surface area contributed by atoms with E-state index in [1.807, 2.05) is 13.8 Å². The van der Waals surface area contributed by atoms with E-state index in [0.717, 1.165) is 17.1 Å². The zero-order chi connectivity index (χ0) is 22.3. The van der Waals surface area contributed by atoms with Crippen molar-refractivity contribution in [3.63, 3.8) is 0 Å². The number of halogens is 1. The zero-order valence-corrected chi connectivity index (χ0v) is 19.1. The lowest BCUT2D eigenvalue weighted by molar-refractivity contribution is -0.120. The molecule has 0 saturated carbocycles. The van der Waals surface area contributed by atoms with Gasteiger partial charge in [0.25, 0.3) is 10.0 Å². The lowest BCUT2D eigenvalue weighted by Gasteiger charge is -2.25. The number of anilines is 1.